The van der Waals surface area contributed by atoms with Crippen molar-refractivity contribution in [2.45, 2.75) is 4.90 Å². The number of fused-ring (bicyclic) bond motifs is 9. The lowest BCUT2D eigenvalue weighted by Crippen LogP contribution is -1.79. The Kier molecular flexibility index (Phi) is 3.11. The molecule has 2 aromatic heterocycles. The summed E-state index contributed by atoms with van der Waals surface area (Å²) in [6.07, 6.45) is 0. The van der Waals surface area contributed by atoms with Gasteiger partial charge in [-0.15, -0.1) is 0 Å². The van der Waals surface area contributed by atoms with E-state index in [0.717, 1.165) is 38.0 Å². The Balaban J connectivity index is 2.01. The standard InChI is InChI=1S/C22H11IO2S/c23-26-18-11-12-9-10-17-20(13-5-1-3-7-15(13)24-17)19(12)21-14-6-2-4-8-16(14)25-22(18)21/h1-11H. The van der Waals surface area contributed by atoms with E-state index < -0.39 is 0 Å². The first-order valence-corrected chi connectivity index (χ1v) is 11.7. The minimum Gasteiger partial charge on any atom is -0.456 e. The third kappa shape index (κ3) is 1.89. The molecule has 6 rings (SSSR count). The SMILES string of the molecule is ISc1cc2ccc3oc4ccccc4c3c2c2c1oc1ccccc12. The van der Waals surface area contributed by atoms with Crippen molar-refractivity contribution in [2.24, 2.45) is 0 Å². The van der Waals surface area contributed by atoms with Crippen LogP contribution in [0.1, 0.15) is 0 Å². The van der Waals surface area contributed by atoms with Crippen LogP contribution < -0.4 is 0 Å². The second-order valence-electron chi connectivity index (χ2n) is 6.39. The second kappa shape index (κ2) is 5.41. The minimum atomic E-state index is 0.917. The van der Waals surface area contributed by atoms with E-state index in [-0.39, 0.29) is 0 Å². The van der Waals surface area contributed by atoms with Crippen LogP contribution in [0.25, 0.3) is 54.6 Å². The van der Waals surface area contributed by atoms with E-state index in [1.54, 1.807) is 8.93 Å². The number of benzene rings is 4. The van der Waals surface area contributed by atoms with Crippen LogP contribution in [0.4, 0.5) is 0 Å². The van der Waals surface area contributed by atoms with Crippen LogP contribution in [0.15, 0.2) is 80.5 Å². The zero-order valence-electron chi connectivity index (χ0n) is 13.5. The van der Waals surface area contributed by atoms with Crippen LogP contribution >= 0.6 is 30.1 Å². The van der Waals surface area contributed by atoms with Crippen LogP contribution in [-0.4, -0.2) is 0 Å². The lowest BCUT2D eigenvalue weighted by molar-refractivity contribution is 0.661. The maximum Gasteiger partial charge on any atom is 0.150 e. The smallest absolute Gasteiger partial charge is 0.150 e. The first-order valence-electron chi connectivity index (χ1n) is 8.32. The summed E-state index contributed by atoms with van der Waals surface area (Å²) in [5, 5.41) is 7.06. The summed E-state index contributed by atoms with van der Waals surface area (Å²) in [6, 6.07) is 23.0. The Hall–Kier alpha value is -2.18. The zero-order valence-corrected chi connectivity index (χ0v) is 16.4. The number of hydrogen-bond donors (Lipinski definition) is 0. The molecule has 0 radical (unpaired) electrons. The molecule has 124 valence electrons. The third-order valence-electron chi connectivity index (χ3n) is 5.01. The number of rotatable bonds is 1. The minimum absolute atomic E-state index is 0.917. The van der Waals surface area contributed by atoms with Crippen LogP contribution in [0, 0.1) is 0 Å². The topological polar surface area (TPSA) is 26.3 Å². The number of para-hydroxylation sites is 2. The summed E-state index contributed by atoms with van der Waals surface area (Å²) >= 11 is 2.33. The van der Waals surface area contributed by atoms with Gasteiger partial charge < -0.3 is 8.83 Å². The summed E-state index contributed by atoms with van der Waals surface area (Å²) in [7, 11) is 1.69. The molecule has 0 saturated heterocycles. The van der Waals surface area contributed by atoms with Crippen molar-refractivity contribution >= 4 is 84.8 Å². The van der Waals surface area contributed by atoms with E-state index in [0.29, 0.717) is 0 Å². The zero-order chi connectivity index (χ0) is 17.3. The van der Waals surface area contributed by atoms with Crippen molar-refractivity contribution in [3.8, 4) is 0 Å². The van der Waals surface area contributed by atoms with Gasteiger partial charge >= 0.3 is 0 Å². The molecule has 0 fully saturated rings. The molecule has 0 atom stereocenters. The Morgan fingerprint density at radius 1 is 0.654 bits per heavy atom. The molecule has 6 aromatic rings. The van der Waals surface area contributed by atoms with E-state index in [1.807, 2.05) is 24.3 Å². The average molecular weight is 466 g/mol. The molecule has 2 nitrogen and oxygen atoms in total. The predicted octanol–water partition coefficient (Wildman–Crippen LogP) is 8.08. The highest BCUT2D eigenvalue weighted by Crippen LogP contribution is 2.46. The van der Waals surface area contributed by atoms with Crippen molar-refractivity contribution < 1.29 is 8.83 Å². The summed E-state index contributed by atoms with van der Waals surface area (Å²) < 4.78 is 12.4. The normalized spacial score (nSPS) is 12.2. The number of furan rings is 2. The van der Waals surface area contributed by atoms with Crippen molar-refractivity contribution in [2.75, 3.05) is 0 Å². The lowest BCUT2D eigenvalue weighted by atomic mass is 9.99. The van der Waals surface area contributed by atoms with E-state index in [9.17, 15) is 0 Å². The van der Waals surface area contributed by atoms with Gasteiger partial charge in [0, 0.05) is 48.1 Å². The van der Waals surface area contributed by atoms with Crippen molar-refractivity contribution in [1.82, 2.24) is 0 Å². The monoisotopic (exact) mass is 466 g/mol. The fraction of sp³-hybridized carbons (Fsp3) is 0. The molecule has 0 aliphatic heterocycles. The van der Waals surface area contributed by atoms with Gasteiger partial charge in [-0.25, -0.2) is 0 Å². The molecule has 0 unspecified atom stereocenters. The van der Waals surface area contributed by atoms with Crippen LogP contribution in [-0.2, 0) is 0 Å². The van der Waals surface area contributed by atoms with Crippen LogP contribution in [0.5, 0.6) is 0 Å². The van der Waals surface area contributed by atoms with Gasteiger partial charge in [0.15, 0.2) is 0 Å². The molecule has 0 aliphatic carbocycles. The quantitative estimate of drug-likeness (QED) is 0.229. The van der Waals surface area contributed by atoms with Crippen LogP contribution in [0.2, 0.25) is 0 Å². The molecule has 0 bridgehead atoms. The predicted molar refractivity (Wildman–Crippen MR) is 118 cm³/mol. The molecular formula is C22H11IO2S. The molecule has 26 heavy (non-hydrogen) atoms. The van der Waals surface area contributed by atoms with E-state index in [4.69, 9.17) is 8.83 Å². The fourth-order valence-electron chi connectivity index (χ4n) is 3.95. The van der Waals surface area contributed by atoms with E-state index >= 15 is 0 Å². The summed E-state index contributed by atoms with van der Waals surface area (Å²) in [5.74, 6) is 0. The third-order valence-corrected chi connectivity index (χ3v) is 6.91. The summed E-state index contributed by atoms with van der Waals surface area (Å²) in [6.45, 7) is 0. The van der Waals surface area contributed by atoms with Gasteiger partial charge in [-0.1, -0.05) is 42.5 Å². The Bertz CT molecular complexity index is 1480. The first kappa shape index (κ1) is 14.9. The maximum atomic E-state index is 6.26. The number of hydrogen-bond acceptors (Lipinski definition) is 3. The second-order valence-corrected chi connectivity index (χ2v) is 8.30. The van der Waals surface area contributed by atoms with E-state index in [1.165, 1.54) is 21.5 Å². The molecule has 4 heteroatoms. The average Bonchev–Trinajstić information content (AvgIpc) is 3.25. The van der Waals surface area contributed by atoms with Crippen molar-refractivity contribution in [3.05, 3.63) is 66.7 Å². The molecule has 0 saturated carbocycles. The van der Waals surface area contributed by atoms with Gasteiger partial charge in [-0.05, 0) is 38.6 Å². The highest BCUT2D eigenvalue weighted by molar-refractivity contribution is 14.2. The van der Waals surface area contributed by atoms with Crippen LogP contribution in [0.3, 0.4) is 0 Å². The van der Waals surface area contributed by atoms with Gasteiger partial charge in [0.2, 0.25) is 0 Å². The van der Waals surface area contributed by atoms with Gasteiger partial charge in [-0.3, -0.25) is 0 Å². The van der Waals surface area contributed by atoms with Crippen molar-refractivity contribution in [1.29, 1.82) is 0 Å². The summed E-state index contributed by atoms with van der Waals surface area (Å²) in [4.78, 5) is 1.15. The largest absolute Gasteiger partial charge is 0.456 e. The first-order chi connectivity index (χ1) is 12.8. The molecule has 4 aromatic carbocycles. The fourth-order valence-corrected chi connectivity index (χ4v) is 5.32. The Morgan fingerprint density at radius 3 is 2.12 bits per heavy atom. The lowest BCUT2D eigenvalue weighted by Gasteiger charge is -2.05. The Labute approximate surface area is 164 Å². The van der Waals surface area contributed by atoms with E-state index in [2.05, 4.69) is 63.7 Å². The Morgan fingerprint density at radius 2 is 1.35 bits per heavy atom. The maximum absolute atomic E-state index is 6.26. The highest BCUT2D eigenvalue weighted by Gasteiger charge is 2.19. The molecule has 0 aliphatic rings. The van der Waals surface area contributed by atoms with Gasteiger partial charge in [-0.2, -0.15) is 0 Å². The van der Waals surface area contributed by atoms with Gasteiger partial charge in [0.25, 0.3) is 0 Å². The van der Waals surface area contributed by atoms with Gasteiger partial charge in [0.1, 0.15) is 22.3 Å². The van der Waals surface area contributed by atoms with Crippen molar-refractivity contribution in [3.63, 3.8) is 0 Å². The molecule has 0 spiro atoms. The molecule has 2 heterocycles. The molecule has 0 amide bonds. The number of halogens is 1. The highest BCUT2D eigenvalue weighted by atomic mass is 127. The molecule has 0 N–H and O–H groups in total. The summed E-state index contributed by atoms with van der Waals surface area (Å²) in [5.41, 5.74) is 3.71. The molecular weight excluding hydrogens is 455 g/mol. The van der Waals surface area contributed by atoms with Gasteiger partial charge in [0.05, 0.1) is 4.90 Å².